The summed E-state index contributed by atoms with van der Waals surface area (Å²) in [5, 5.41) is 12.6. The first kappa shape index (κ1) is 21.9. The van der Waals surface area contributed by atoms with Crippen molar-refractivity contribution in [2.75, 3.05) is 13.2 Å². The Kier molecular flexibility index (Phi) is 6.92. The lowest BCUT2D eigenvalue weighted by Crippen LogP contribution is -2.31. The zero-order valence-electron chi connectivity index (χ0n) is 17.2. The van der Waals surface area contributed by atoms with Crippen molar-refractivity contribution >= 4 is 11.9 Å². The van der Waals surface area contributed by atoms with E-state index in [0.717, 1.165) is 16.7 Å². The highest BCUT2D eigenvalue weighted by Crippen LogP contribution is 2.22. The summed E-state index contributed by atoms with van der Waals surface area (Å²) in [5.74, 6) is -1.54. The van der Waals surface area contributed by atoms with E-state index in [0.29, 0.717) is 12.2 Å². The van der Waals surface area contributed by atoms with E-state index in [4.69, 9.17) is 4.74 Å². The van der Waals surface area contributed by atoms with Crippen molar-refractivity contribution in [1.29, 1.82) is 0 Å². The van der Waals surface area contributed by atoms with Gasteiger partial charge < -0.3 is 15.2 Å². The van der Waals surface area contributed by atoms with Gasteiger partial charge in [-0.15, -0.1) is 0 Å². The van der Waals surface area contributed by atoms with Gasteiger partial charge in [-0.1, -0.05) is 36.4 Å². The van der Waals surface area contributed by atoms with Crippen molar-refractivity contribution < 1.29 is 23.8 Å². The van der Waals surface area contributed by atoms with Crippen LogP contribution in [0.4, 0.5) is 4.39 Å². The summed E-state index contributed by atoms with van der Waals surface area (Å²) in [6.45, 7) is 3.12. The lowest BCUT2D eigenvalue weighted by Gasteiger charge is -2.10. The monoisotopic (exact) mass is 423 g/mol. The van der Waals surface area contributed by atoms with Crippen LogP contribution in [-0.4, -0.2) is 40.1 Å². The molecule has 1 aromatic heterocycles. The summed E-state index contributed by atoms with van der Waals surface area (Å²) in [6, 6.07) is 13.8. The third-order valence-electron chi connectivity index (χ3n) is 4.51. The zero-order chi connectivity index (χ0) is 22.4. The molecule has 0 aliphatic carbocycles. The summed E-state index contributed by atoms with van der Waals surface area (Å²) in [6.07, 6.45) is 0.336. The molecule has 7 nitrogen and oxygen atoms in total. The zero-order valence-corrected chi connectivity index (χ0v) is 17.2. The van der Waals surface area contributed by atoms with E-state index in [-0.39, 0.29) is 36.1 Å². The lowest BCUT2D eigenvalue weighted by atomic mass is 10.0. The number of aromatic nitrogens is 2. The molecule has 0 saturated heterocycles. The maximum Gasteiger partial charge on any atom is 0.325 e. The van der Waals surface area contributed by atoms with Crippen LogP contribution < -0.4 is 5.32 Å². The molecule has 0 bridgehead atoms. The predicted molar refractivity (Wildman–Crippen MR) is 112 cm³/mol. The van der Waals surface area contributed by atoms with Gasteiger partial charge >= 0.3 is 5.97 Å². The number of halogens is 1. The molecule has 0 atom stereocenters. The van der Waals surface area contributed by atoms with Crippen LogP contribution in [0.15, 0.2) is 48.5 Å². The van der Waals surface area contributed by atoms with E-state index < -0.39 is 11.9 Å². The minimum Gasteiger partial charge on any atom is -0.504 e. The second kappa shape index (κ2) is 9.80. The number of rotatable bonds is 7. The van der Waals surface area contributed by atoms with Gasteiger partial charge in [-0.2, -0.15) is 0 Å². The van der Waals surface area contributed by atoms with Crippen LogP contribution in [0.3, 0.4) is 0 Å². The number of hydrogen-bond donors (Lipinski definition) is 2. The molecule has 0 radical (unpaired) electrons. The molecule has 0 aliphatic rings. The highest BCUT2D eigenvalue weighted by molar-refractivity contribution is 5.96. The molecule has 0 unspecified atom stereocenters. The number of carbonyl (C=O) groups is 2. The molecule has 0 spiro atoms. The molecule has 3 rings (SSSR count). The van der Waals surface area contributed by atoms with Crippen LogP contribution in [0.25, 0.3) is 11.1 Å². The van der Waals surface area contributed by atoms with Crippen molar-refractivity contribution in [3.8, 4) is 16.9 Å². The number of hydrogen-bond acceptors (Lipinski definition) is 6. The molecule has 2 N–H and O–H groups in total. The molecule has 8 heteroatoms. The van der Waals surface area contributed by atoms with Crippen molar-refractivity contribution in [2.24, 2.45) is 0 Å². The summed E-state index contributed by atoms with van der Waals surface area (Å²) >= 11 is 0. The van der Waals surface area contributed by atoms with Gasteiger partial charge in [-0.3, -0.25) is 9.59 Å². The standard InChI is InChI=1S/C23H22FN3O4/c1-3-31-20(28)13-25-23(30)21-22(29)14(2)26-19(27-21)12-15-4-6-16(7-5-15)17-8-10-18(24)11-9-17/h4-11,29H,3,12-13H2,1-2H3,(H,25,30). The van der Waals surface area contributed by atoms with Gasteiger partial charge in [0.15, 0.2) is 11.4 Å². The van der Waals surface area contributed by atoms with Crippen molar-refractivity contribution in [1.82, 2.24) is 15.3 Å². The first-order valence-corrected chi connectivity index (χ1v) is 9.72. The number of carbonyl (C=O) groups excluding carboxylic acids is 2. The number of esters is 1. The van der Waals surface area contributed by atoms with Crippen LogP contribution in [-0.2, 0) is 16.0 Å². The predicted octanol–water partition coefficient (Wildman–Crippen LogP) is 3.18. The maximum atomic E-state index is 13.1. The molecule has 2 aromatic carbocycles. The van der Waals surface area contributed by atoms with E-state index >= 15 is 0 Å². The van der Waals surface area contributed by atoms with Crippen LogP contribution in [0.2, 0.25) is 0 Å². The first-order valence-electron chi connectivity index (χ1n) is 9.72. The molecular weight excluding hydrogens is 401 g/mol. The summed E-state index contributed by atoms with van der Waals surface area (Å²) in [4.78, 5) is 32.2. The molecule has 0 aliphatic heterocycles. The SMILES string of the molecule is CCOC(=O)CNC(=O)c1nc(Cc2ccc(-c3ccc(F)cc3)cc2)nc(C)c1O. The highest BCUT2D eigenvalue weighted by atomic mass is 19.1. The minimum absolute atomic E-state index is 0.199. The third kappa shape index (κ3) is 5.63. The van der Waals surface area contributed by atoms with Gasteiger partial charge in [-0.25, -0.2) is 14.4 Å². The fourth-order valence-electron chi connectivity index (χ4n) is 2.95. The van der Waals surface area contributed by atoms with Gasteiger partial charge in [-0.05, 0) is 42.7 Å². The quantitative estimate of drug-likeness (QED) is 0.566. The molecule has 0 saturated carbocycles. The van der Waals surface area contributed by atoms with Crippen molar-refractivity contribution in [3.05, 3.63) is 77.1 Å². The lowest BCUT2D eigenvalue weighted by molar-refractivity contribution is -0.141. The van der Waals surface area contributed by atoms with E-state index in [2.05, 4.69) is 15.3 Å². The number of nitrogens with one attached hydrogen (secondary N) is 1. The van der Waals surface area contributed by atoms with E-state index in [1.165, 1.54) is 12.1 Å². The largest absolute Gasteiger partial charge is 0.504 e. The van der Waals surface area contributed by atoms with Gasteiger partial charge in [0, 0.05) is 6.42 Å². The summed E-state index contributed by atoms with van der Waals surface area (Å²) in [7, 11) is 0. The fraction of sp³-hybridized carbons (Fsp3) is 0.217. The minimum atomic E-state index is -0.691. The molecule has 31 heavy (non-hydrogen) atoms. The second-order valence-corrected chi connectivity index (χ2v) is 6.79. The number of aryl methyl sites for hydroxylation is 1. The Labute approximate surface area is 178 Å². The summed E-state index contributed by atoms with van der Waals surface area (Å²) in [5.41, 5.74) is 2.79. The Morgan fingerprint density at radius 3 is 2.26 bits per heavy atom. The Balaban J connectivity index is 1.75. The Hall–Kier alpha value is -3.81. The third-order valence-corrected chi connectivity index (χ3v) is 4.51. The smallest absolute Gasteiger partial charge is 0.325 e. The average Bonchev–Trinajstić information content (AvgIpc) is 2.76. The molecule has 3 aromatic rings. The van der Waals surface area contributed by atoms with Crippen LogP contribution in [0.5, 0.6) is 5.75 Å². The van der Waals surface area contributed by atoms with E-state index in [9.17, 15) is 19.1 Å². The van der Waals surface area contributed by atoms with Gasteiger partial charge in [0.2, 0.25) is 0 Å². The van der Waals surface area contributed by atoms with Crippen molar-refractivity contribution in [2.45, 2.75) is 20.3 Å². The van der Waals surface area contributed by atoms with Crippen LogP contribution in [0, 0.1) is 12.7 Å². The number of amides is 1. The Morgan fingerprint density at radius 1 is 1.03 bits per heavy atom. The van der Waals surface area contributed by atoms with Crippen LogP contribution >= 0.6 is 0 Å². The number of aromatic hydroxyl groups is 1. The fourth-order valence-corrected chi connectivity index (χ4v) is 2.95. The number of ether oxygens (including phenoxy) is 1. The van der Waals surface area contributed by atoms with Gasteiger partial charge in [0.1, 0.15) is 18.2 Å². The molecule has 0 fully saturated rings. The first-order chi connectivity index (χ1) is 14.9. The highest BCUT2D eigenvalue weighted by Gasteiger charge is 2.19. The second-order valence-electron chi connectivity index (χ2n) is 6.79. The Bertz CT molecular complexity index is 1080. The molecule has 1 amide bonds. The number of benzene rings is 2. The molecular formula is C23H22FN3O4. The van der Waals surface area contributed by atoms with Gasteiger partial charge in [0.25, 0.3) is 5.91 Å². The van der Waals surface area contributed by atoms with Crippen molar-refractivity contribution in [3.63, 3.8) is 0 Å². The average molecular weight is 423 g/mol. The normalized spacial score (nSPS) is 10.5. The topological polar surface area (TPSA) is 101 Å². The molecule has 160 valence electrons. The van der Waals surface area contributed by atoms with Gasteiger partial charge in [0.05, 0.1) is 12.3 Å². The maximum absolute atomic E-state index is 13.1. The van der Waals surface area contributed by atoms with Crippen LogP contribution in [0.1, 0.15) is 34.5 Å². The Morgan fingerprint density at radius 2 is 1.65 bits per heavy atom. The summed E-state index contributed by atoms with van der Waals surface area (Å²) < 4.78 is 17.9. The number of nitrogens with zero attached hydrogens (tertiary/aromatic N) is 2. The van der Waals surface area contributed by atoms with E-state index in [1.807, 2.05) is 24.3 Å². The van der Waals surface area contributed by atoms with E-state index in [1.54, 1.807) is 26.0 Å². The molecule has 1 heterocycles.